The molecule has 0 radical (unpaired) electrons. The van der Waals surface area contributed by atoms with E-state index >= 15 is 0 Å². The standard InChI is InChI=1S/C16H40N4P.BF4/c1-9-17(10-2)21(18(11-3)12-4,19(13-5)14-6)20(15-7)16-8;2-1(3,4)5/h9-16H2,1-8H3;/q+1;-1. The number of hydrogen-bond donors (Lipinski definition) is 0. The summed E-state index contributed by atoms with van der Waals surface area (Å²) in [6.07, 6.45) is 0. The van der Waals surface area contributed by atoms with Gasteiger partial charge < -0.3 is 17.3 Å². The molecule has 0 aromatic rings. The molecule has 0 bridgehead atoms. The smallest absolute Gasteiger partial charge is 0.418 e. The van der Waals surface area contributed by atoms with Crippen LogP contribution in [0.15, 0.2) is 0 Å². The fourth-order valence-corrected chi connectivity index (χ4v) is 8.67. The highest BCUT2D eigenvalue weighted by Crippen LogP contribution is 2.69. The second kappa shape index (κ2) is 14.1. The van der Waals surface area contributed by atoms with E-state index in [0.717, 1.165) is 52.4 Å². The molecule has 26 heavy (non-hydrogen) atoms. The number of rotatable bonds is 12. The van der Waals surface area contributed by atoms with E-state index in [0.29, 0.717) is 0 Å². The van der Waals surface area contributed by atoms with Gasteiger partial charge in [0.15, 0.2) is 0 Å². The predicted molar refractivity (Wildman–Crippen MR) is 109 cm³/mol. The molecule has 0 aliphatic carbocycles. The lowest BCUT2D eigenvalue weighted by atomic mass is 10.3. The maximum Gasteiger partial charge on any atom is 0.673 e. The first-order valence-corrected chi connectivity index (χ1v) is 11.5. The van der Waals surface area contributed by atoms with E-state index < -0.39 is 15.1 Å². The third-order valence-electron chi connectivity index (χ3n) is 4.44. The van der Waals surface area contributed by atoms with Crippen LogP contribution in [0.1, 0.15) is 55.4 Å². The minimum Gasteiger partial charge on any atom is -0.418 e. The van der Waals surface area contributed by atoms with Crippen molar-refractivity contribution < 1.29 is 17.3 Å². The Morgan fingerprint density at radius 1 is 0.462 bits per heavy atom. The Morgan fingerprint density at radius 3 is 0.654 bits per heavy atom. The third kappa shape index (κ3) is 7.97. The van der Waals surface area contributed by atoms with Crippen molar-refractivity contribution in [2.45, 2.75) is 55.4 Å². The molecule has 0 atom stereocenters. The van der Waals surface area contributed by atoms with Gasteiger partial charge in [0, 0.05) is 52.4 Å². The Morgan fingerprint density at radius 2 is 0.577 bits per heavy atom. The van der Waals surface area contributed by atoms with Gasteiger partial charge in [-0.1, -0.05) is 0 Å². The summed E-state index contributed by atoms with van der Waals surface area (Å²) in [5, 5.41) is 0. The lowest BCUT2D eigenvalue weighted by Gasteiger charge is -2.50. The lowest BCUT2D eigenvalue weighted by molar-refractivity contribution is 0.262. The number of nitrogens with zero attached hydrogens (tertiary/aromatic N) is 4. The van der Waals surface area contributed by atoms with Crippen molar-refractivity contribution in [2.75, 3.05) is 52.4 Å². The van der Waals surface area contributed by atoms with Crippen LogP contribution in [0.25, 0.3) is 0 Å². The van der Waals surface area contributed by atoms with Gasteiger partial charge in [-0.25, -0.2) is 0 Å². The van der Waals surface area contributed by atoms with E-state index in [1.165, 1.54) is 0 Å². The maximum absolute atomic E-state index is 9.75. The fraction of sp³-hybridized carbons (Fsp3) is 1.00. The van der Waals surface area contributed by atoms with Gasteiger partial charge in [0.2, 0.25) is 0 Å². The van der Waals surface area contributed by atoms with E-state index in [9.17, 15) is 17.3 Å². The van der Waals surface area contributed by atoms with Crippen LogP contribution in [0.4, 0.5) is 17.3 Å². The highest BCUT2D eigenvalue weighted by molar-refractivity contribution is 7.66. The number of halogens is 4. The Balaban J connectivity index is 0. The Hall–Kier alpha value is 0.0549. The van der Waals surface area contributed by atoms with E-state index in [2.05, 4.69) is 74.1 Å². The largest absolute Gasteiger partial charge is 0.673 e. The summed E-state index contributed by atoms with van der Waals surface area (Å²) in [6.45, 7) is 27.5. The average Bonchev–Trinajstić information content (AvgIpc) is 2.57. The monoisotopic (exact) mass is 406 g/mol. The molecule has 0 rings (SSSR count). The molecule has 0 amide bonds. The minimum absolute atomic E-state index is 1.12. The second-order valence-corrected chi connectivity index (χ2v) is 8.92. The zero-order chi connectivity index (χ0) is 21.0. The second-order valence-electron chi connectivity index (χ2n) is 5.59. The molecule has 0 fully saturated rings. The van der Waals surface area contributed by atoms with Crippen LogP contribution in [0.5, 0.6) is 0 Å². The first-order chi connectivity index (χ1) is 12.1. The molecule has 0 aromatic heterocycles. The highest BCUT2D eigenvalue weighted by atomic mass is 31.2. The summed E-state index contributed by atoms with van der Waals surface area (Å²) in [7, 11) is -7.60. The first kappa shape index (κ1) is 28.3. The predicted octanol–water partition coefficient (Wildman–Crippen LogP) is 5.33. The SMILES string of the molecule is CCN(CC)[P+](N(CC)CC)(N(CC)CC)N(CC)CC.F[B-](F)(F)F. The Kier molecular flexibility index (Phi) is 15.3. The van der Waals surface area contributed by atoms with Crippen molar-refractivity contribution in [3.8, 4) is 0 Å². The molecule has 0 spiro atoms. The summed E-state index contributed by atoms with van der Waals surface area (Å²) in [5.74, 6) is 0. The Bertz CT molecular complexity index is 275. The van der Waals surface area contributed by atoms with Gasteiger partial charge in [0.25, 0.3) is 0 Å². The fourth-order valence-electron chi connectivity index (χ4n) is 3.49. The summed E-state index contributed by atoms with van der Waals surface area (Å²) in [4.78, 5) is 0. The molecule has 10 heteroatoms. The molecular weight excluding hydrogens is 366 g/mol. The van der Waals surface area contributed by atoms with Gasteiger partial charge >= 0.3 is 15.1 Å². The minimum atomic E-state index is -6.00. The normalized spacial score (nSPS) is 12.9. The number of hydrogen-bond acceptors (Lipinski definition) is 4. The molecule has 160 valence electrons. The van der Waals surface area contributed by atoms with Crippen LogP contribution in [0.3, 0.4) is 0 Å². The van der Waals surface area contributed by atoms with Crippen LogP contribution in [-0.4, -0.2) is 78.3 Å². The van der Waals surface area contributed by atoms with Gasteiger partial charge in [-0.2, -0.15) is 0 Å². The topological polar surface area (TPSA) is 13.0 Å². The van der Waals surface area contributed by atoms with Crippen molar-refractivity contribution in [2.24, 2.45) is 0 Å². The molecule has 0 aliphatic rings. The van der Waals surface area contributed by atoms with Gasteiger partial charge in [-0.15, -0.1) is 18.7 Å². The van der Waals surface area contributed by atoms with Crippen LogP contribution >= 0.6 is 7.87 Å². The molecule has 0 saturated carbocycles. The third-order valence-corrected chi connectivity index (χ3v) is 9.74. The van der Waals surface area contributed by atoms with Crippen LogP contribution in [0.2, 0.25) is 0 Å². The molecule has 0 aliphatic heterocycles. The summed E-state index contributed by atoms with van der Waals surface area (Å²) >= 11 is 0. The highest BCUT2D eigenvalue weighted by Gasteiger charge is 2.58. The van der Waals surface area contributed by atoms with Crippen LogP contribution in [-0.2, 0) is 0 Å². The van der Waals surface area contributed by atoms with Crippen molar-refractivity contribution in [3.63, 3.8) is 0 Å². The molecule has 0 heterocycles. The van der Waals surface area contributed by atoms with Crippen LogP contribution in [0, 0.1) is 0 Å². The molecule has 0 N–H and O–H groups in total. The quantitative estimate of drug-likeness (QED) is 0.247. The van der Waals surface area contributed by atoms with E-state index in [-0.39, 0.29) is 0 Å². The van der Waals surface area contributed by atoms with Gasteiger partial charge in [0.1, 0.15) is 0 Å². The first-order valence-electron chi connectivity index (χ1n) is 9.86. The van der Waals surface area contributed by atoms with Crippen molar-refractivity contribution in [1.82, 2.24) is 18.7 Å². The van der Waals surface area contributed by atoms with Gasteiger partial charge in [0.05, 0.1) is 0 Å². The van der Waals surface area contributed by atoms with Crippen molar-refractivity contribution >= 4 is 15.1 Å². The zero-order valence-electron chi connectivity index (χ0n) is 18.0. The molecule has 0 unspecified atom stereocenters. The lowest BCUT2D eigenvalue weighted by Crippen LogP contribution is -2.52. The summed E-state index contributed by atoms with van der Waals surface area (Å²) in [5.41, 5.74) is 0. The van der Waals surface area contributed by atoms with E-state index in [4.69, 9.17) is 0 Å². The maximum atomic E-state index is 9.75. The van der Waals surface area contributed by atoms with Crippen molar-refractivity contribution in [1.29, 1.82) is 0 Å². The summed E-state index contributed by atoms with van der Waals surface area (Å²) < 4.78 is 49.9. The van der Waals surface area contributed by atoms with E-state index in [1.54, 1.807) is 0 Å². The van der Waals surface area contributed by atoms with Crippen LogP contribution < -0.4 is 0 Å². The molecule has 4 nitrogen and oxygen atoms in total. The molecule has 0 saturated heterocycles. The van der Waals surface area contributed by atoms with Gasteiger partial charge in [-0.05, 0) is 55.4 Å². The van der Waals surface area contributed by atoms with Crippen molar-refractivity contribution in [3.05, 3.63) is 0 Å². The molecule has 0 aromatic carbocycles. The van der Waals surface area contributed by atoms with Gasteiger partial charge in [-0.3, -0.25) is 0 Å². The molecular formula is C16H40BF4N4P. The zero-order valence-corrected chi connectivity index (χ0v) is 18.9. The average molecular weight is 406 g/mol. The summed E-state index contributed by atoms with van der Waals surface area (Å²) in [6, 6.07) is 0. The Labute approximate surface area is 159 Å². The van der Waals surface area contributed by atoms with E-state index in [1.807, 2.05) is 0 Å².